The quantitative estimate of drug-likeness (QED) is 0.826. The van der Waals surface area contributed by atoms with E-state index < -0.39 is 12.1 Å². The van der Waals surface area contributed by atoms with Crippen LogP contribution >= 0.6 is 11.8 Å². The first-order valence-electron chi connectivity index (χ1n) is 7.45. The Labute approximate surface area is 118 Å². The van der Waals surface area contributed by atoms with Crippen LogP contribution in [0.15, 0.2) is 0 Å². The number of alkyl halides is 3. The van der Waals surface area contributed by atoms with E-state index in [0.717, 1.165) is 5.75 Å². The normalized spacial score (nSPS) is 36.6. The highest BCUT2D eigenvalue weighted by Gasteiger charge is 2.42. The van der Waals surface area contributed by atoms with Crippen LogP contribution in [0.4, 0.5) is 13.2 Å². The molecule has 2 unspecified atom stereocenters. The Morgan fingerprint density at radius 1 is 1.05 bits per heavy atom. The van der Waals surface area contributed by atoms with Crippen molar-refractivity contribution in [2.75, 3.05) is 5.75 Å². The molecular weight excluding hydrogens is 271 g/mol. The van der Waals surface area contributed by atoms with Gasteiger partial charge in [-0.2, -0.15) is 24.9 Å². The van der Waals surface area contributed by atoms with Crippen LogP contribution < -0.4 is 5.32 Å². The van der Waals surface area contributed by atoms with E-state index in [1.807, 2.05) is 11.8 Å². The van der Waals surface area contributed by atoms with Crippen molar-refractivity contribution >= 4 is 11.8 Å². The molecule has 2 aliphatic carbocycles. The molecule has 0 heterocycles. The molecule has 1 N–H and O–H groups in total. The third-order valence-electron chi connectivity index (χ3n) is 4.47. The summed E-state index contributed by atoms with van der Waals surface area (Å²) in [5.41, 5.74) is 0. The van der Waals surface area contributed by atoms with Crippen molar-refractivity contribution in [1.82, 2.24) is 5.32 Å². The van der Waals surface area contributed by atoms with Crippen LogP contribution in [0.5, 0.6) is 0 Å². The van der Waals surface area contributed by atoms with Gasteiger partial charge in [-0.05, 0) is 44.3 Å². The summed E-state index contributed by atoms with van der Waals surface area (Å²) in [5.74, 6) is 0.0684. The molecule has 19 heavy (non-hydrogen) atoms. The van der Waals surface area contributed by atoms with Crippen molar-refractivity contribution in [3.8, 4) is 0 Å². The van der Waals surface area contributed by atoms with Gasteiger partial charge in [0.25, 0.3) is 0 Å². The minimum atomic E-state index is -3.99. The summed E-state index contributed by atoms with van der Waals surface area (Å²) >= 11 is 2.00. The van der Waals surface area contributed by atoms with Gasteiger partial charge in [-0.15, -0.1) is 0 Å². The Balaban J connectivity index is 1.76. The molecule has 0 radical (unpaired) electrons. The number of hydrogen-bond donors (Lipinski definition) is 1. The molecule has 0 spiro atoms. The standard InChI is InChI=1S/C14H24F3NS/c1-2-19-13-5-3-4-12(13)18-11-8-6-10(7-9-11)14(15,16)17/h10-13,18H,2-9H2,1H3. The summed E-state index contributed by atoms with van der Waals surface area (Å²) < 4.78 is 37.8. The second kappa shape index (κ2) is 6.70. The first-order chi connectivity index (χ1) is 9.00. The number of nitrogens with one attached hydrogen (secondary N) is 1. The lowest BCUT2D eigenvalue weighted by Crippen LogP contribution is -2.44. The number of halogens is 3. The molecule has 0 aromatic heterocycles. The largest absolute Gasteiger partial charge is 0.391 e. The molecule has 2 atom stereocenters. The molecular formula is C14H24F3NS. The molecule has 2 rings (SSSR count). The van der Waals surface area contributed by atoms with Crippen LogP contribution in [-0.2, 0) is 0 Å². The molecule has 5 heteroatoms. The second-order valence-electron chi connectivity index (χ2n) is 5.79. The average molecular weight is 295 g/mol. The van der Waals surface area contributed by atoms with Gasteiger partial charge in [0, 0.05) is 17.3 Å². The van der Waals surface area contributed by atoms with Crippen molar-refractivity contribution in [2.24, 2.45) is 5.92 Å². The average Bonchev–Trinajstić information content (AvgIpc) is 2.77. The molecule has 2 aliphatic rings. The third kappa shape index (κ3) is 4.28. The van der Waals surface area contributed by atoms with Crippen LogP contribution in [0.1, 0.15) is 51.9 Å². The summed E-state index contributed by atoms with van der Waals surface area (Å²) in [4.78, 5) is 0. The topological polar surface area (TPSA) is 12.0 Å². The lowest BCUT2D eigenvalue weighted by molar-refractivity contribution is -0.182. The van der Waals surface area contributed by atoms with Gasteiger partial charge in [-0.25, -0.2) is 0 Å². The Kier molecular flexibility index (Phi) is 5.46. The fourth-order valence-electron chi connectivity index (χ4n) is 3.42. The van der Waals surface area contributed by atoms with Crippen LogP contribution in [-0.4, -0.2) is 29.3 Å². The summed E-state index contributed by atoms with van der Waals surface area (Å²) in [5, 5.41) is 4.31. The van der Waals surface area contributed by atoms with Crippen LogP contribution in [0.2, 0.25) is 0 Å². The molecule has 0 saturated heterocycles. The van der Waals surface area contributed by atoms with Crippen molar-refractivity contribution in [1.29, 1.82) is 0 Å². The second-order valence-corrected chi connectivity index (χ2v) is 7.30. The Hall–Kier alpha value is 0.100. The van der Waals surface area contributed by atoms with Crippen molar-refractivity contribution in [2.45, 2.75) is 75.4 Å². The monoisotopic (exact) mass is 295 g/mol. The van der Waals surface area contributed by atoms with Gasteiger partial charge < -0.3 is 5.32 Å². The van der Waals surface area contributed by atoms with E-state index >= 15 is 0 Å². The van der Waals surface area contributed by atoms with Crippen molar-refractivity contribution < 1.29 is 13.2 Å². The Morgan fingerprint density at radius 2 is 1.74 bits per heavy atom. The molecule has 0 aromatic carbocycles. The van der Waals surface area contributed by atoms with Crippen molar-refractivity contribution in [3.05, 3.63) is 0 Å². The number of rotatable bonds is 4. The molecule has 2 saturated carbocycles. The highest BCUT2D eigenvalue weighted by molar-refractivity contribution is 7.99. The van der Waals surface area contributed by atoms with Crippen LogP contribution in [0, 0.1) is 5.92 Å². The minimum absolute atomic E-state index is 0.305. The SMILES string of the molecule is CCSC1CCCC1NC1CCC(C(F)(F)F)CC1. The van der Waals surface area contributed by atoms with Gasteiger partial charge in [-0.3, -0.25) is 0 Å². The smallest absolute Gasteiger partial charge is 0.310 e. The van der Waals surface area contributed by atoms with Crippen LogP contribution in [0.25, 0.3) is 0 Å². The fraction of sp³-hybridized carbons (Fsp3) is 1.00. The van der Waals surface area contributed by atoms with E-state index in [9.17, 15) is 13.2 Å². The van der Waals surface area contributed by atoms with E-state index in [1.54, 1.807) is 0 Å². The third-order valence-corrected chi connectivity index (χ3v) is 5.80. The minimum Gasteiger partial charge on any atom is -0.310 e. The summed E-state index contributed by atoms with van der Waals surface area (Å²) in [6, 6.07) is 0.832. The van der Waals surface area contributed by atoms with E-state index in [4.69, 9.17) is 0 Å². The molecule has 0 aromatic rings. The predicted molar refractivity (Wildman–Crippen MR) is 74.5 cm³/mol. The zero-order chi connectivity index (χ0) is 13.9. The summed E-state index contributed by atoms with van der Waals surface area (Å²) in [6.45, 7) is 2.18. The summed E-state index contributed by atoms with van der Waals surface area (Å²) in [6.07, 6.45) is 1.70. The molecule has 0 aliphatic heterocycles. The van der Waals surface area contributed by atoms with Crippen molar-refractivity contribution in [3.63, 3.8) is 0 Å². The van der Waals surface area contributed by atoms with E-state index in [2.05, 4.69) is 12.2 Å². The highest BCUT2D eigenvalue weighted by atomic mass is 32.2. The first kappa shape index (κ1) is 15.5. The van der Waals surface area contributed by atoms with E-state index in [1.165, 1.54) is 19.3 Å². The highest BCUT2D eigenvalue weighted by Crippen LogP contribution is 2.38. The maximum Gasteiger partial charge on any atom is 0.391 e. The Bertz CT molecular complexity index is 274. The summed E-state index contributed by atoms with van der Waals surface area (Å²) in [7, 11) is 0. The van der Waals surface area contributed by atoms with E-state index in [0.29, 0.717) is 43.0 Å². The molecule has 0 bridgehead atoms. The van der Waals surface area contributed by atoms with Gasteiger partial charge in [0.15, 0.2) is 0 Å². The first-order valence-corrected chi connectivity index (χ1v) is 8.50. The van der Waals surface area contributed by atoms with Gasteiger partial charge in [0.05, 0.1) is 5.92 Å². The van der Waals surface area contributed by atoms with E-state index in [-0.39, 0.29) is 0 Å². The zero-order valence-corrected chi connectivity index (χ0v) is 12.3. The number of thioether (sulfide) groups is 1. The molecule has 2 fully saturated rings. The maximum absolute atomic E-state index is 12.6. The van der Waals surface area contributed by atoms with Gasteiger partial charge >= 0.3 is 6.18 Å². The maximum atomic E-state index is 12.6. The Morgan fingerprint density at radius 3 is 2.32 bits per heavy atom. The van der Waals surface area contributed by atoms with Gasteiger partial charge in [0.1, 0.15) is 0 Å². The van der Waals surface area contributed by atoms with Gasteiger partial charge in [-0.1, -0.05) is 13.3 Å². The molecule has 1 nitrogen and oxygen atoms in total. The van der Waals surface area contributed by atoms with Gasteiger partial charge in [0.2, 0.25) is 0 Å². The molecule has 0 amide bonds. The molecule has 112 valence electrons. The van der Waals surface area contributed by atoms with Crippen LogP contribution in [0.3, 0.4) is 0 Å². The fourth-order valence-corrected chi connectivity index (χ4v) is 4.63. The lowest BCUT2D eigenvalue weighted by Gasteiger charge is -2.33. The predicted octanol–water partition coefficient (Wildman–Crippen LogP) is 4.37. The lowest BCUT2D eigenvalue weighted by atomic mass is 9.85. The zero-order valence-electron chi connectivity index (χ0n) is 11.5. The number of hydrogen-bond acceptors (Lipinski definition) is 2.